The number of rotatable bonds is 5. The summed E-state index contributed by atoms with van der Waals surface area (Å²) in [7, 11) is 0. The molecule has 2 rings (SSSR count). The molecule has 0 spiro atoms. The average molecular weight is 274 g/mol. The van der Waals surface area contributed by atoms with Crippen LogP contribution >= 0.6 is 15.9 Å². The van der Waals surface area contributed by atoms with E-state index in [2.05, 4.69) is 21.2 Å². The summed E-state index contributed by atoms with van der Waals surface area (Å²) in [5.41, 5.74) is 0. The van der Waals surface area contributed by atoms with Crippen molar-refractivity contribution < 1.29 is 9.15 Å². The number of furan rings is 1. The molecule has 0 aromatic carbocycles. The van der Waals surface area contributed by atoms with E-state index in [-0.39, 0.29) is 0 Å². The van der Waals surface area contributed by atoms with Crippen molar-refractivity contribution in [3.63, 3.8) is 0 Å². The van der Waals surface area contributed by atoms with Crippen LogP contribution in [-0.4, -0.2) is 19.8 Å². The molecule has 4 heteroatoms. The molecular formula is C11H16BrNO2. The zero-order valence-corrected chi connectivity index (χ0v) is 10.3. The first-order valence-electron chi connectivity index (χ1n) is 5.36. The number of halogens is 1. The van der Waals surface area contributed by atoms with Crippen LogP contribution in [0.4, 0.5) is 0 Å². The van der Waals surface area contributed by atoms with Gasteiger partial charge in [0.15, 0.2) is 0 Å². The van der Waals surface area contributed by atoms with Gasteiger partial charge in [0.25, 0.3) is 0 Å². The molecule has 84 valence electrons. The molecule has 0 radical (unpaired) electrons. The molecule has 2 heterocycles. The predicted molar refractivity (Wildman–Crippen MR) is 61.7 cm³/mol. The minimum Gasteiger partial charge on any atom is -0.467 e. The third kappa shape index (κ3) is 3.33. The van der Waals surface area contributed by atoms with Gasteiger partial charge in [-0.1, -0.05) is 0 Å². The summed E-state index contributed by atoms with van der Waals surface area (Å²) in [6, 6.07) is 1.92. The lowest BCUT2D eigenvalue weighted by Crippen LogP contribution is -2.17. The fourth-order valence-electron chi connectivity index (χ4n) is 1.77. The topological polar surface area (TPSA) is 34.4 Å². The smallest absolute Gasteiger partial charge is 0.131 e. The van der Waals surface area contributed by atoms with Gasteiger partial charge in [0.2, 0.25) is 0 Å². The largest absolute Gasteiger partial charge is 0.467 e. The monoisotopic (exact) mass is 273 g/mol. The zero-order chi connectivity index (χ0) is 10.5. The van der Waals surface area contributed by atoms with Crippen LogP contribution in [0, 0.1) is 5.92 Å². The molecule has 1 aliphatic rings. The zero-order valence-electron chi connectivity index (χ0n) is 8.67. The van der Waals surface area contributed by atoms with Crippen LogP contribution < -0.4 is 5.32 Å². The van der Waals surface area contributed by atoms with Gasteiger partial charge in [-0.15, -0.1) is 0 Å². The SMILES string of the molecule is Brc1ccoc1CNCCC1CCOC1. The van der Waals surface area contributed by atoms with Gasteiger partial charge in [0.05, 0.1) is 17.3 Å². The van der Waals surface area contributed by atoms with Crippen molar-refractivity contribution in [1.82, 2.24) is 5.32 Å². The lowest BCUT2D eigenvalue weighted by atomic mass is 10.1. The van der Waals surface area contributed by atoms with Crippen LogP contribution in [0.3, 0.4) is 0 Å². The Labute approximate surface area is 98.3 Å². The highest BCUT2D eigenvalue weighted by molar-refractivity contribution is 9.10. The molecule has 15 heavy (non-hydrogen) atoms. The summed E-state index contributed by atoms with van der Waals surface area (Å²) in [6.07, 6.45) is 4.11. The Kier molecular flexibility index (Phi) is 4.23. The van der Waals surface area contributed by atoms with Crippen molar-refractivity contribution in [1.29, 1.82) is 0 Å². The van der Waals surface area contributed by atoms with Crippen molar-refractivity contribution >= 4 is 15.9 Å². The van der Waals surface area contributed by atoms with Crippen molar-refractivity contribution in [2.45, 2.75) is 19.4 Å². The van der Waals surface area contributed by atoms with Crippen LogP contribution in [0.5, 0.6) is 0 Å². The minimum atomic E-state index is 0.748. The average Bonchev–Trinajstić information content (AvgIpc) is 2.85. The highest BCUT2D eigenvalue weighted by Gasteiger charge is 2.14. The molecule has 3 nitrogen and oxygen atoms in total. The third-order valence-corrected chi connectivity index (χ3v) is 3.44. The predicted octanol–water partition coefficient (Wildman–Crippen LogP) is 2.56. The Balaban J connectivity index is 1.60. The molecule has 0 bridgehead atoms. The first-order chi connectivity index (χ1) is 7.36. The van der Waals surface area contributed by atoms with E-state index >= 15 is 0 Å². The Morgan fingerprint density at radius 1 is 1.53 bits per heavy atom. The number of hydrogen-bond donors (Lipinski definition) is 1. The molecular weight excluding hydrogens is 258 g/mol. The first-order valence-corrected chi connectivity index (χ1v) is 6.16. The second-order valence-corrected chi connectivity index (χ2v) is 4.74. The van der Waals surface area contributed by atoms with Gasteiger partial charge in [0.1, 0.15) is 5.76 Å². The van der Waals surface area contributed by atoms with Crippen molar-refractivity contribution in [3.05, 3.63) is 22.6 Å². The Bertz CT molecular complexity index is 295. The second-order valence-electron chi connectivity index (χ2n) is 3.89. The highest BCUT2D eigenvalue weighted by atomic mass is 79.9. The quantitative estimate of drug-likeness (QED) is 0.838. The van der Waals surface area contributed by atoms with Crippen LogP contribution in [0.1, 0.15) is 18.6 Å². The molecule has 1 saturated heterocycles. The third-order valence-electron chi connectivity index (χ3n) is 2.73. The molecule has 1 atom stereocenters. The van der Waals surface area contributed by atoms with Crippen LogP contribution in [0.2, 0.25) is 0 Å². The number of nitrogens with one attached hydrogen (secondary N) is 1. The molecule has 1 aliphatic heterocycles. The van der Waals surface area contributed by atoms with E-state index in [1.165, 1.54) is 12.8 Å². The Morgan fingerprint density at radius 2 is 2.47 bits per heavy atom. The van der Waals surface area contributed by atoms with Crippen LogP contribution in [-0.2, 0) is 11.3 Å². The standard InChI is InChI=1S/C11H16BrNO2/c12-10-3-6-15-11(10)7-13-4-1-9-2-5-14-8-9/h3,6,9,13H,1-2,4-5,7-8H2. The minimum absolute atomic E-state index is 0.748. The van der Waals surface area contributed by atoms with E-state index in [0.29, 0.717) is 0 Å². The Hall–Kier alpha value is -0.320. The number of hydrogen-bond acceptors (Lipinski definition) is 3. The van der Waals surface area contributed by atoms with Crippen molar-refractivity contribution in [3.8, 4) is 0 Å². The van der Waals surface area contributed by atoms with Gasteiger partial charge >= 0.3 is 0 Å². The fraction of sp³-hybridized carbons (Fsp3) is 0.636. The van der Waals surface area contributed by atoms with E-state index in [1.807, 2.05) is 6.07 Å². The molecule has 1 N–H and O–H groups in total. The molecule has 0 amide bonds. The summed E-state index contributed by atoms with van der Waals surface area (Å²) >= 11 is 3.43. The van der Waals surface area contributed by atoms with Gasteiger partial charge in [-0.05, 0) is 47.3 Å². The van der Waals surface area contributed by atoms with Gasteiger partial charge in [-0.2, -0.15) is 0 Å². The van der Waals surface area contributed by atoms with E-state index in [9.17, 15) is 0 Å². The van der Waals surface area contributed by atoms with Gasteiger partial charge in [0, 0.05) is 13.2 Å². The molecule has 1 unspecified atom stereocenters. The molecule has 1 aromatic heterocycles. The summed E-state index contributed by atoms with van der Waals surface area (Å²) in [4.78, 5) is 0. The maximum absolute atomic E-state index is 5.33. The highest BCUT2D eigenvalue weighted by Crippen LogP contribution is 2.18. The molecule has 0 saturated carbocycles. The van der Waals surface area contributed by atoms with E-state index in [4.69, 9.17) is 9.15 Å². The first kappa shape index (κ1) is 11.2. The van der Waals surface area contributed by atoms with Gasteiger partial charge < -0.3 is 14.5 Å². The lowest BCUT2D eigenvalue weighted by Gasteiger charge is -2.07. The normalized spacial score (nSPS) is 21.0. The maximum Gasteiger partial charge on any atom is 0.131 e. The molecule has 1 fully saturated rings. The van der Waals surface area contributed by atoms with Crippen LogP contribution in [0.25, 0.3) is 0 Å². The van der Waals surface area contributed by atoms with E-state index in [0.717, 1.165) is 42.5 Å². The molecule has 0 aliphatic carbocycles. The molecule has 1 aromatic rings. The lowest BCUT2D eigenvalue weighted by molar-refractivity contribution is 0.184. The summed E-state index contributed by atoms with van der Waals surface area (Å²) in [5, 5.41) is 3.38. The Morgan fingerprint density at radius 3 is 3.13 bits per heavy atom. The summed E-state index contributed by atoms with van der Waals surface area (Å²) < 4.78 is 11.7. The van der Waals surface area contributed by atoms with E-state index < -0.39 is 0 Å². The van der Waals surface area contributed by atoms with Crippen molar-refractivity contribution in [2.24, 2.45) is 5.92 Å². The second kappa shape index (κ2) is 5.68. The summed E-state index contributed by atoms with van der Waals surface area (Å²) in [6.45, 7) is 3.70. The summed E-state index contributed by atoms with van der Waals surface area (Å²) in [5.74, 6) is 1.72. The maximum atomic E-state index is 5.33. The van der Waals surface area contributed by atoms with Gasteiger partial charge in [-0.3, -0.25) is 0 Å². The fourth-order valence-corrected chi connectivity index (χ4v) is 2.11. The van der Waals surface area contributed by atoms with Gasteiger partial charge in [-0.25, -0.2) is 0 Å². The number of ether oxygens (including phenoxy) is 1. The van der Waals surface area contributed by atoms with Crippen molar-refractivity contribution in [2.75, 3.05) is 19.8 Å². The van der Waals surface area contributed by atoms with E-state index in [1.54, 1.807) is 6.26 Å². The van der Waals surface area contributed by atoms with Crippen LogP contribution in [0.15, 0.2) is 21.2 Å².